The number of benzene rings is 1. The van der Waals surface area contributed by atoms with E-state index < -0.39 is 17.9 Å². The Morgan fingerprint density at radius 3 is 2.68 bits per heavy atom. The molecule has 0 aliphatic carbocycles. The molecule has 0 aliphatic rings. The van der Waals surface area contributed by atoms with Crippen LogP contribution < -0.4 is 0 Å². The van der Waals surface area contributed by atoms with Crippen LogP contribution in [-0.2, 0) is 6.54 Å². The first-order chi connectivity index (χ1) is 8.95. The first-order valence-corrected chi connectivity index (χ1v) is 5.80. The van der Waals surface area contributed by atoms with E-state index in [-0.39, 0.29) is 25.4 Å². The van der Waals surface area contributed by atoms with Crippen LogP contribution in [0.5, 0.6) is 0 Å². The summed E-state index contributed by atoms with van der Waals surface area (Å²) in [6.45, 7) is 1.14. The first-order valence-electron chi connectivity index (χ1n) is 5.80. The van der Waals surface area contributed by atoms with Crippen LogP contribution in [0.15, 0.2) is 18.2 Å². The molecule has 0 saturated heterocycles. The lowest BCUT2D eigenvalue weighted by atomic mass is 10.1. The second-order valence-corrected chi connectivity index (χ2v) is 4.17. The topological polar surface area (TPSA) is 66.6 Å². The normalized spacial score (nSPS) is 11.3. The molecule has 0 aliphatic heterocycles. The van der Waals surface area contributed by atoms with Gasteiger partial charge in [0.05, 0.1) is 18.1 Å². The summed E-state index contributed by atoms with van der Waals surface area (Å²) in [6.07, 6.45) is -2.51. The molecule has 1 aromatic rings. The lowest BCUT2D eigenvalue weighted by Crippen LogP contribution is -2.31. The van der Waals surface area contributed by atoms with Crippen LogP contribution in [0.2, 0.25) is 0 Å². The molecule has 7 heteroatoms. The van der Waals surface area contributed by atoms with Gasteiger partial charge in [-0.2, -0.15) is 0 Å². The Bertz CT molecular complexity index is 441. The van der Waals surface area contributed by atoms with E-state index in [4.69, 9.17) is 5.11 Å². The van der Waals surface area contributed by atoms with Crippen LogP contribution in [0, 0.1) is 17.0 Å². The van der Waals surface area contributed by atoms with Gasteiger partial charge < -0.3 is 5.11 Å². The van der Waals surface area contributed by atoms with E-state index in [0.29, 0.717) is 11.1 Å². The Morgan fingerprint density at radius 2 is 2.16 bits per heavy atom. The molecular formula is C12H16F2N2O3. The molecule has 0 aromatic heterocycles. The van der Waals surface area contributed by atoms with Gasteiger partial charge in [0, 0.05) is 24.7 Å². The van der Waals surface area contributed by atoms with Gasteiger partial charge in [-0.1, -0.05) is 12.1 Å². The van der Waals surface area contributed by atoms with Gasteiger partial charge in [0.15, 0.2) is 0 Å². The van der Waals surface area contributed by atoms with Crippen LogP contribution in [0.3, 0.4) is 0 Å². The molecule has 0 spiro atoms. The first kappa shape index (κ1) is 15.5. The second kappa shape index (κ2) is 7.10. The Kier molecular flexibility index (Phi) is 5.78. The molecular weight excluding hydrogens is 258 g/mol. The molecule has 0 bridgehead atoms. The van der Waals surface area contributed by atoms with Gasteiger partial charge in [-0.15, -0.1) is 0 Å². The summed E-state index contributed by atoms with van der Waals surface area (Å²) in [7, 11) is 0. The maximum absolute atomic E-state index is 12.4. The van der Waals surface area contributed by atoms with Crippen molar-refractivity contribution in [3.63, 3.8) is 0 Å². The van der Waals surface area contributed by atoms with Crippen molar-refractivity contribution in [2.24, 2.45) is 0 Å². The van der Waals surface area contributed by atoms with E-state index in [1.165, 1.54) is 17.0 Å². The molecule has 0 heterocycles. The van der Waals surface area contributed by atoms with Gasteiger partial charge in [0.25, 0.3) is 12.1 Å². The zero-order valence-electron chi connectivity index (χ0n) is 10.6. The molecule has 0 amide bonds. The van der Waals surface area contributed by atoms with Crippen LogP contribution in [0.1, 0.15) is 11.1 Å². The number of nitro groups is 1. The molecule has 0 unspecified atom stereocenters. The Balaban J connectivity index is 2.90. The van der Waals surface area contributed by atoms with Crippen molar-refractivity contribution in [1.82, 2.24) is 4.90 Å². The highest BCUT2D eigenvalue weighted by Crippen LogP contribution is 2.22. The van der Waals surface area contributed by atoms with Gasteiger partial charge in [-0.3, -0.25) is 15.0 Å². The third kappa shape index (κ3) is 4.53. The van der Waals surface area contributed by atoms with Crippen LogP contribution in [0.25, 0.3) is 0 Å². The maximum atomic E-state index is 12.4. The van der Waals surface area contributed by atoms with E-state index >= 15 is 0 Å². The average Bonchev–Trinajstić information content (AvgIpc) is 2.31. The largest absolute Gasteiger partial charge is 0.395 e. The summed E-state index contributed by atoms with van der Waals surface area (Å²) in [4.78, 5) is 11.7. The van der Waals surface area contributed by atoms with Crippen LogP contribution >= 0.6 is 0 Å². The summed E-state index contributed by atoms with van der Waals surface area (Å²) in [5, 5.41) is 19.6. The number of halogens is 2. The number of aliphatic hydroxyl groups excluding tert-OH is 1. The highest BCUT2D eigenvalue weighted by molar-refractivity contribution is 5.44. The van der Waals surface area contributed by atoms with Gasteiger partial charge in [0.2, 0.25) is 0 Å². The van der Waals surface area contributed by atoms with Gasteiger partial charge in [-0.05, 0) is 12.5 Å². The van der Waals surface area contributed by atoms with E-state index in [1.807, 2.05) is 0 Å². The van der Waals surface area contributed by atoms with Crippen molar-refractivity contribution >= 4 is 5.69 Å². The SMILES string of the molecule is Cc1c(CN(CCO)CC(F)F)cccc1[N+](=O)[O-]. The van der Waals surface area contributed by atoms with Crippen molar-refractivity contribution < 1.29 is 18.8 Å². The number of hydrogen-bond acceptors (Lipinski definition) is 4. The fourth-order valence-corrected chi connectivity index (χ4v) is 1.85. The molecule has 1 N–H and O–H groups in total. The molecule has 1 aromatic carbocycles. The van der Waals surface area contributed by atoms with Gasteiger partial charge >= 0.3 is 0 Å². The molecule has 5 nitrogen and oxygen atoms in total. The Morgan fingerprint density at radius 1 is 1.47 bits per heavy atom. The molecule has 0 fully saturated rings. The Hall–Kier alpha value is -1.60. The van der Waals surface area contributed by atoms with Crippen molar-refractivity contribution in [2.75, 3.05) is 19.7 Å². The van der Waals surface area contributed by atoms with Crippen molar-refractivity contribution in [1.29, 1.82) is 0 Å². The van der Waals surface area contributed by atoms with Gasteiger partial charge in [0.1, 0.15) is 0 Å². The number of hydrogen-bond donors (Lipinski definition) is 1. The maximum Gasteiger partial charge on any atom is 0.272 e. The second-order valence-electron chi connectivity index (χ2n) is 4.17. The van der Waals surface area contributed by atoms with E-state index in [1.54, 1.807) is 13.0 Å². The molecule has 19 heavy (non-hydrogen) atoms. The van der Waals surface area contributed by atoms with Crippen molar-refractivity contribution in [3.8, 4) is 0 Å². The van der Waals surface area contributed by atoms with Crippen LogP contribution in [0.4, 0.5) is 14.5 Å². The summed E-state index contributed by atoms with van der Waals surface area (Å²) < 4.78 is 24.8. The standard InChI is InChI=1S/C12H16F2N2O3/c1-9-10(3-2-4-11(9)16(18)19)7-15(5-6-17)8-12(13)14/h2-4,12,17H,5-8H2,1H3. The van der Waals surface area contributed by atoms with Crippen molar-refractivity contribution in [3.05, 3.63) is 39.4 Å². The van der Waals surface area contributed by atoms with Crippen molar-refractivity contribution in [2.45, 2.75) is 19.9 Å². The van der Waals surface area contributed by atoms with E-state index in [9.17, 15) is 18.9 Å². The van der Waals surface area contributed by atoms with E-state index in [0.717, 1.165) is 0 Å². The number of alkyl halides is 2. The number of nitrogens with zero attached hydrogens (tertiary/aromatic N) is 2. The zero-order valence-corrected chi connectivity index (χ0v) is 10.6. The highest BCUT2D eigenvalue weighted by atomic mass is 19.3. The summed E-state index contributed by atoms with van der Waals surface area (Å²) >= 11 is 0. The number of nitro benzene ring substituents is 1. The predicted octanol–water partition coefficient (Wildman–Crippen LogP) is 1.96. The monoisotopic (exact) mass is 274 g/mol. The van der Waals surface area contributed by atoms with Crippen LogP contribution in [-0.4, -0.2) is 41.1 Å². The molecule has 1 rings (SSSR count). The lowest BCUT2D eigenvalue weighted by molar-refractivity contribution is -0.385. The quantitative estimate of drug-likeness (QED) is 0.609. The minimum absolute atomic E-state index is 0.0292. The minimum atomic E-state index is -2.51. The number of rotatable bonds is 7. The third-order valence-electron chi connectivity index (χ3n) is 2.82. The predicted molar refractivity (Wildman–Crippen MR) is 66.2 cm³/mol. The summed E-state index contributed by atoms with van der Waals surface area (Å²) in [5.74, 6) is 0. The smallest absolute Gasteiger partial charge is 0.272 e. The fraction of sp³-hybridized carbons (Fsp3) is 0.500. The minimum Gasteiger partial charge on any atom is -0.395 e. The zero-order chi connectivity index (χ0) is 14.4. The molecule has 106 valence electrons. The lowest BCUT2D eigenvalue weighted by Gasteiger charge is -2.21. The third-order valence-corrected chi connectivity index (χ3v) is 2.82. The average molecular weight is 274 g/mol. The Labute approximate surface area is 109 Å². The molecule has 0 atom stereocenters. The molecule has 0 radical (unpaired) electrons. The number of aliphatic hydroxyl groups is 1. The van der Waals surface area contributed by atoms with Gasteiger partial charge in [-0.25, -0.2) is 8.78 Å². The summed E-state index contributed by atoms with van der Waals surface area (Å²) in [6, 6.07) is 4.57. The molecule has 0 saturated carbocycles. The highest BCUT2D eigenvalue weighted by Gasteiger charge is 2.17. The summed E-state index contributed by atoms with van der Waals surface area (Å²) in [5.41, 5.74) is 1.05. The van der Waals surface area contributed by atoms with E-state index in [2.05, 4.69) is 0 Å². The fourth-order valence-electron chi connectivity index (χ4n) is 1.85.